The van der Waals surface area contributed by atoms with Gasteiger partial charge in [0.25, 0.3) is 0 Å². The maximum atomic E-state index is 11.8. The van der Waals surface area contributed by atoms with Crippen LogP contribution in [-0.2, 0) is 0 Å². The average Bonchev–Trinajstić information content (AvgIpc) is 2.91. The molecule has 5 heteroatoms. The largest absolute Gasteiger partial charge is 0.350 e. The highest BCUT2D eigenvalue weighted by molar-refractivity contribution is 6.01. The van der Waals surface area contributed by atoms with E-state index in [-0.39, 0.29) is 5.78 Å². The smallest absolute Gasteiger partial charge is 0.179 e. The molecule has 0 bridgehead atoms. The molecule has 2 aromatic heterocycles. The number of H-pyrrole nitrogens is 2. The lowest BCUT2D eigenvalue weighted by Gasteiger charge is -1.96. The van der Waals surface area contributed by atoms with Gasteiger partial charge in [-0.25, -0.2) is 4.98 Å². The number of aryl methyl sites for hydroxylation is 1. The van der Waals surface area contributed by atoms with Crippen LogP contribution in [-0.4, -0.2) is 27.0 Å². The Balaban J connectivity index is 2.65. The van der Waals surface area contributed by atoms with Crippen LogP contribution in [0.1, 0.15) is 45.4 Å². The number of nitrogens with one attached hydrogen (secondary N) is 2. The van der Waals surface area contributed by atoms with Gasteiger partial charge in [-0.15, -0.1) is 0 Å². The SMILES string of the molecule is CCC(=O)c1[nH]c(-c2nc[nH]c2C)c(C=O)c1C. The fourth-order valence-corrected chi connectivity index (χ4v) is 2.01. The lowest BCUT2D eigenvalue weighted by atomic mass is 10.1. The zero-order valence-corrected chi connectivity index (χ0v) is 10.6. The molecule has 18 heavy (non-hydrogen) atoms. The van der Waals surface area contributed by atoms with Crippen molar-refractivity contribution in [3.8, 4) is 11.4 Å². The summed E-state index contributed by atoms with van der Waals surface area (Å²) in [6, 6.07) is 0. The summed E-state index contributed by atoms with van der Waals surface area (Å²) >= 11 is 0. The summed E-state index contributed by atoms with van der Waals surface area (Å²) in [6.07, 6.45) is 2.73. The number of rotatable bonds is 4. The summed E-state index contributed by atoms with van der Waals surface area (Å²) in [5.74, 6) is -0.00459. The minimum atomic E-state index is -0.00459. The van der Waals surface area contributed by atoms with Crippen LogP contribution < -0.4 is 0 Å². The van der Waals surface area contributed by atoms with Crippen molar-refractivity contribution in [3.05, 3.63) is 28.8 Å². The van der Waals surface area contributed by atoms with Crippen LogP contribution in [0.4, 0.5) is 0 Å². The fraction of sp³-hybridized carbons (Fsp3) is 0.308. The van der Waals surface area contributed by atoms with Crippen molar-refractivity contribution in [2.24, 2.45) is 0 Å². The van der Waals surface area contributed by atoms with Crippen molar-refractivity contribution in [3.63, 3.8) is 0 Å². The first-order valence-corrected chi connectivity index (χ1v) is 5.81. The van der Waals surface area contributed by atoms with E-state index in [4.69, 9.17) is 0 Å². The number of ketones is 1. The Labute approximate surface area is 105 Å². The highest BCUT2D eigenvalue weighted by Crippen LogP contribution is 2.27. The second kappa shape index (κ2) is 4.60. The molecule has 2 aromatic rings. The molecular formula is C13H15N3O2. The van der Waals surface area contributed by atoms with E-state index in [0.717, 1.165) is 12.0 Å². The van der Waals surface area contributed by atoms with Crippen LogP contribution >= 0.6 is 0 Å². The molecule has 0 aliphatic rings. The van der Waals surface area contributed by atoms with Gasteiger partial charge < -0.3 is 9.97 Å². The van der Waals surface area contributed by atoms with E-state index >= 15 is 0 Å². The van der Waals surface area contributed by atoms with Crippen LogP contribution in [0.25, 0.3) is 11.4 Å². The van der Waals surface area contributed by atoms with Gasteiger partial charge in [0.15, 0.2) is 12.1 Å². The average molecular weight is 245 g/mol. The molecule has 0 saturated carbocycles. The number of imidazole rings is 1. The lowest BCUT2D eigenvalue weighted by molar-refractivity contribution is 0.0983. The summed E-state index contributed by atoms with van der Waals surface area (Å²) < 4.78 is 0. The number of carbonyl (C=O) groups excluding carboxylic acids is 2. The molecule has 2 rings (SSSR count). The van der Waals surface area contributed by atoms with Gasteiger partial charge in [0.1, 0.15) is 5.69 Å². The van der Waals surface area contributed by atoms with Crippen molar-refractivity contribution in [1.29, 1.82) is 0 Å². The highest BCUT2D eigenvalue weighted by Gasteiger charge is 2.20. The predicted molar refractivity (Wildman–Crippen MR) is 67.9 cm³/mol. The second-order valence-electron chi connectivity index (χ2n) is 4.18. The number of Topliss-reactive ketones (excluding diaryl/α,β-unsaturated/α-hetero) is 1. The minimum absolute atomic E-state index is 0.00459. The molecule has 5 nitrogen and oxygen atoms in total. The third-order valence-corrected chi connectivity index (χ3v) is 3.08. The topological polar surface area (TPSA) is 78.6 Å². The molecule has 94 valence electrons. The first kappa shape index (κ1) is 12.3. The highest BCUT2D eigenvalue weighted by atomic mass is 16.1. The molecule has 0 atom stereocenters. The monoisotopic (exact) mass is 245 g/mol. The number of aromatic amines is 2. The summed E-state index contributed by atoms with van der Waals surface area (Å²) in [4.78, 5) is 33.2. The first-order valence-electron chi connectivity index (χ1n) is 5.81. The first-order chi connectivity index (χ1) is 8.60. The van der Waals surface area contributed by atoms with Crippen LogP contribution in [0.15, 0.2) is 6.33 Å². The lowest BCUT2D eigenvalue weighted by Crippen LogP contribution is -1.99. The molecule has 0 saturated heterocycles. The van der Waals surface area contributed by atoms with E-state index < -0.39 is 0 Å². The quantitative estimate of drug-likeness (QED) is 0.641. The summed E-state index contributed by atoms with van der Waals surface area (Å²) in [7, 11) is 0. The predicted octanol–water partition coefficient (Wildman–Crippen LogP) is 2.43. The van der Waals surface area contributed by atoms with Crippen molar-refractivity contribution < 1.29 is 9.59 Å². The summed E-state index contributed by atoms with van der Waals surface area (Å²) in [5.41, 5.74) is 3.83. The molecule has 0 spiro atoms. The van der Waals surface area contributed by atoms with Crippen LogP contribution in [0.5, 0.6) is 0 Å². The Morgan fingerprint density at radius 3 is 2.67 bits per heavy atom. The number of carbonyl (C=O) groups is 2. The van der Waals surface area contributed by atoms with E-state index in [1.807, 2.05) is 6.92 Å². The zero-order valence-electron chi connectivity index (χ0n) is 10.6. The standard InChI is InChI=1S/C13H15N3O2/c1-4-10(18)11-7(2)9(5-17)13(16-11)12-8(3)14-6-15-12/h5-6,16H,4H2,1-3H3,(H,14,15). The number of aromatic nitrogens is 3. The van der Waals surface area contributed by atoms with E-state index in [1.54, 1.807) is 20.2 Å². The van der Waals surface area contributed by atoms with Gasteiger partial charge in [-0.2, -0.15) is 0 Å². The van der Waals surface area contributed by atoms with Gasteiger partial charge >= 0.3 is 0 Å². The van der Waals surface area contributed by atoms with Crippen molar-refractivity contribution >= 4 is 12.1 Å². The Morgan fingerprint density at radius 1 is 1.44 bits per heavy atom. The molecule has 0 amide bonds. The Kier molecular flexibility index (Phi) is 3.14. The molecule has 0 radical (unpaired) electrons. The molecule has 0 fully saturated rings. The van der Waals surface area contributed by atoms with Crippen molar-refractivity contribution in [2.75, 3.05) is 0 Å². The molecular weight excluding hydrogens is 230 g/mol. The Morgan fingerprint density at radius 2 is 2.17 bits per heavy atom. The van der Waals surface area contributed by atoms with Crippen LogP contribution in [0, 0.1) is 13.8 Å². The van der Waals surface area contributed by atoms with E-state index in [9.17, 15) is 9.59 Å². The maximum Gasteiger partial charge on any atom is 0.179 e. The van der Waals surface area contributed by atoms with E-state index in [0.29, 0.717) is 34.6 Å². The fourth-order valence-electron chi connectivity index (χ4n) is 2.01. The summed E-state index contributed by atoms with van der Waals surface area (Å²) in [6.45, 7) is 5.44. The normalized spacial score (nSPS) is 10.6. The van der Waals surface area contributed by atoms with Gasteiger partial charge in [-0.3, -0.25) is 9.59 Å². The molecule has 0 aliphatic carbocycles. The van der Waals surface area contributed by atoms with E-state index in [2.05, 4.69) is 15.0 Å². The molecule has 2 N–H and O–H groups in total. The van der Waals surface area contributed by atoms with Crippen molar-refractivity contribution in [1.82, 2.24) is 15.0 Å². The van der Waals surface area contributed by atoms with Crippen LogP contribution in [0.2, 0.25) is 0 Å². The van der Waals surface area contributed by atoms with Gasteiger partial charge in [0.05, 0.1) is 17.7 Å². The Hall–Kier alpha value is -2.17. The van der Waals surface area contributed by atoms with Gasteiger partial charge in [-0.1, -0.05) is 6.92 Å². The van der Waals surface area contributed by atoms with Crippen LogP contribution in [0.3, 0.4) is 0 Å². The van der Waals surface area contributed by atoms with Gasteiger partial charge in [0, 0.05) is 17.7 Å². The summed E-state index contributed by atoms with van der Waals surface area (Å²) in [5, 5.41) is 0. The second-order valence-corrected chi connectivity index (χ2v) is 4.18. The maximum absolute atomic E-state index is 11.8. The number of aldehydes is 1. The molecule has 2 heterocycles. The third kappa shape index (κ3) is 1.77. The third-order valence-electron chi connectivity index (χ3n) is 3.08. The van der Waals surface area contributed by atoms with E-state index in [1.165, 1.54) is 0 Å². The molecule has 0 aliphatic heterocycles. The van der Waals surface area contributed by atoms with Crippen molar-refractivity contribution in [2.45, 2.75) is 27.2 Å². The number of nitrogens with zero attached hydrogens (tertiary/aromatic N) is 1. The number of hydrogen-bond acceptors (Lipinski definition) is 3. The number of hydrogen-bond donors (Lipinski definition) is 2. The zero-order chi connectivity index (χ0) is 13.3. The molecule has 0 aromatic carbocycles. The molecule has 0 unspecified atom stereocenters. The van der Waals surface area contributed by atoms with Gasteiger partial charge in [-0.05, 0) is 19.4 Å². The Bertz CT molecular complexity index is 608. The minimum Gasteiger partial charge on any atom is -0.350 e. The van der Waals surface area contributed by atoms with Gasteiger partial charge in [0.2, 0.25) is 0 Å².